The van der Waals surface area contributed by atoms with Crippen LogP contribution in [0.1, 0.15) is 79.1 Å². The fourth-order valence-corrected chi connectivity index (χ4v) is 9.20. The number of urea groups is 1. The third kappa shape index (κ3) is 16.5. The molecule has 19 heteroatoms. The van der Waals surface area contributed by atoms with E-state index in [1.165, 1.54) is 6.92 Å². The van der Waals surface area contributed by atoms with Crippen LogP contribution >= 0.6 is 0 Å². The topological polar surface area (TPSA) is 242 Å². The van der Waals surface area contributed by atoms with E-state index in [1.807, 2.05) is 97.1 Å². The molecule has 0 aliphatic carbocycles. The summed E-state index contributed by atoms with van der Waals surface area (Å²) in [6.45, 7) is 5.02. The van der Waals surface area contributed by atoms with Crippen LogP contribution in [-0.2, 0) is 42.9 Å². The minimum absolute atomic E-state index is 0.341. The van der Waals surface area contributed by atoms with E-state index in [4.69, 9.17) is 38.4 Å². The van der Waals surface area contributed by atoms with Gasteiger partial charge in [-0.05, 0) is 126 Å². The van der Waals surface area contributed by atoms with E-state index < -0.39 is 67.2 Å². The Labute approximate surface area is 464 Å². The van der Waals surface area contributed by atoms with Gasteiger partial charge >= 0.3 is 29.9 Å². The summed E-state index contributed by atoms with van der Waals surface area (Å²) in [5.74, 6) is -2.22. The number of pyridine rings is 6. The van der Waals surface area contributed by atoms with Crippen molar-refractivity contribution in [1.82, 2.24) is 40.5 Å². The van der Waals surface area contributed by atoms with E-state index in [1.54, 1.807) is 24.8 Å². The third-order valence-electron chi connectivity index (χ3n) is 12.8. The lowest BCUT2D eigenvalue weighted by Gasteiger charge is -2.44. The van der Waals surface area contributed by atoms with Gasteiger partial charge in [0.25, 0.3) is 0 Å². The lowest BCUT2D eigenvalue weighted by atomic mass is 9.96. The van der Waals surface area contributed by atoms with E-state index in [0.717, 1.165) is 111 Å². The van der Waals surface area contributed by atoms with E-state index in [2.05, 4.69) is 48.8 Å². The summed E-state index contributed by atoms with van der Waals surface area (Å²) in [4.78, 5) is 89.8. The molecule has 0 bridgehead atoms. The second kappa shape index (κ2) is 28.6. The molecule has 1 aromatic carbocycles. The predicted octanol–water partition coefficient (Wildman–Crippen LogP) is 9.94. The number of rotatable bonds is 24. The number of unbranched alkanes of at least 4 members (excludes halogenated alkanes) is 7. The fourth-order valence-electron chi connectivity index (χ4n) is 9.20. The van der Waals surface area contributed by atoms with Gasteiger partial charge in [-0.1, -0.05) is 62.8 Å². The Bertz CT molecular complexity index is 2930. The van der Waals surface area contributed by atoms with E-state index in [9.17, 15) is 24.0 Å². The average Bonchev–Trinajstić information content (AvgIpc) is 3.47. The van der Waals surface area contributed by atoms with Gasteiger partial charge in [-0.2, -0.15) is 0 Å². The lowest BCUT2D eigenvalue weighted by molar-refractivity contribution is -0.255. The van der Waals surface area contributed by atoms with Crippen molar-refractivity contribution in [1.29, 1.82) is 0 Å². The maximum absolute atomic E-state index is 13.1. The zero-order chi connectivity index (χ0) is 56.2. The molecule has 1 saturated heterocycles. The molecule has 0 saturated carbocycles. The van der Waals surface area contributed by atoms with Gasteiger partial charge < -0.3 is 39.1 Å². The zero-order valence-electron chi connectivity index (χ0n) is 45.1. The van der Waals surface area contributed by atoms with Crippen LogP contribution in [0.3, 0.4) is 0 Å². The Kier molecular flexibility index (Phi) is 20.4. The molecule has 0 unspecified atom stereocenters. The highest BCUT2D eigenvalue weighted by Gasteiger charge is 2.52. The van der Waals surface area contributed by atoms with Crippen LogP contribution in [0.5, 0.6) is 5.75 Å². The van der Waals surface area contributed by atoms with Gasteiger partial charge in [-0.3, -0.25) is 39.1 Å². The van der Waals surface area contributed by atoms with Crippen molar-refractivity contribution in [2.45, 2.75) is 110 Å². The minimum atomic E-state index is -1.40. The predicted molar refractivity (Wildman–Crippen MR) is 297 cm³/mol. The summed E-state index contributed by atoms with van der Waals surface area (Å²) >= 11 is 0. The molecule has 1 aliphatic rings. The van der Waals surface area contributed by atoms with Crippen LogP contribution in [-0.4, -0.2) is 110 Å². The molecule has 5 atom stereocenters. The number of aromatic nitrogens is 6. The van der Waals surface area contributed by atoms with Crippen molar-refractivity contribution < 1.29 is 52.4 Å². The van der Waals surface area contributed by atoms with E-state index in [0.29, 0.717) is 48.1 Å². The van der Waals surface area contributed by atoms with Crippen LogP contribution in [0.15, 0.2) is 140 Å². The Morgan fingerprint density at radius 1 is 0.463 bits per heavy atom. The molecule has 8 rings (SSSR count). The Morgan fingerprint density at radius 2 is 0.875 bits per heavy atom. The van der Waals surface area contributed by atoms with Crippen LogP contribution in [0.2, 0.25) is 0 Å². The summed E-state index contributed by atoms with van der Waals surface area (Å²) in [5.41, 5.74) is 9.46. The number of amides is 2. The molecule has 7 heterocycles. The average molecular weight is 1090 g/mol. The van der Waals surface area contributed by atoms with Crippen molar-refractivity contribution >= 4 is 29.9 Å². The number of ether oxygens (including phenoxy) is 6. The summed E-state index contributed by atoms with van der Waals surface area (Å²) < 4.78 is 34.0. The van der Waals surface area contributed by atoms with Crippen LogP contribution in [0.4, 0.5) is 4.79 Å². The molecule has 2 amide bonds. The fraction of sp³-hybridized carbons (Fsp3) is 0.328. The van der Waals surface area contributed by atoms with Crippen LogP contribution in [0, 0.1) is 0 Å². The highest BCUT2D eigenvalue weighted by Crippen LogP contribution is 2.37. The zero-order valence-corrected chi connectivity index (χ0v) is 45.1. The van der Waals surface area contributed by atoms with Gasteiger partial charge in [0.15, 0.2) is 24.5 Å². The molecule has 6 aromatic heterocycles. The van der Waals surface area contributed by atoms with Gasteiger partial charge in [0.1, 0.15) is 18.5 Å². The van der Waals surface area contributed by atoms with E-state index in [-0.39, 0.29) is 0 Å². The van der Waals surface area contributed by atoms with Crippen molar-refractivity contribution in [3.05, 3.63) is 140 Å². The number of carbonyl (C=O) groups excluding carboxylic acids is 5. The standard InChI is InChI=1S/C61H64N8O11/c1-39(70)76-38-56-57(77-40(2)71)58(78-41(3)72)59(79-42(4)73)60(80-56)69-61(74)66-29-15-9-7-5-6-8-10-20-30-75-47-32-43(45-34-52(48-21-11-16-25-62-48)67-53(35-45)49-22-12-17-26-63-49)31-44(33-47)46-36-54(50-23-13-18-27-64-50)68-55(37-46)51-24-14-19-28-65-51/h11-14,16-19,21-28,31-37,56-60H,5-10,15,20,29-30,38H2,1-4H3,(H2,66,69,74)/t56-,57-,58+,59-,60-/m1/s1. The van der Waals surface area contributed by atoms with Crippen molar-refractivity contribution in [2.24, 2.45) is 0 Å². The Hall–Kier alpha value is -8.97. The van der Waals surface area contributed by atoms with Crippen molar-refractivity contribution in [3.8, 4) is 73.6 Å². The number of hydrogen-bond donors (Lipinski definition) is 2. The van der Waals surface area contributed by atoms with Crippen LogP contribution < -0.4 is 15.4 Å². The molecular weight excluding hydrogens is 1020 g/mol. The Balaban J connectivity index is 0.884. The number of esters is 4. The molecule has 1 fully saturated rings. The lowest BCUT2D eigenvalue weighted by Crippen LogP contribution is -2.66. The smallest absolute Gasteiger partial charge is 0.316 e. The minimum Gasteiger partial charge on any atom is -0.494 e. The molecule has 2 N–H and O–H groups in total. The summed E-state index contributed by atoms with van der Waals surface area (Å²) in [7, 11) is 0. The highest BCUT2D eigenvalue weighted by molar-refractivity contribution is 5.82. The number of carbonyl (C=O) groups is 5. The van der Waals surface area contributed by atoms with Crippen LogP contribution in [0.25, 0.3) is 67.8 Å². The molecule has 80 heavy (non-hydrogen) atoms. The van der Waals surface area contributed by atoms with E-state index >= 15 is 0 Å². The number of nitrogens with one attached hydrogen (secondary N) is 2. The molecular formula is C61H64N8O11. The van der Waals surface area contributed by atoms with Gasteiger partial charge in [0, 0.05) is 59.0 Å². The summed E-state index contributed by atoms with van der Waals surface area (Å²) in [6.07, 6.45) is 7.81. The second-order valence-corrected chi connectivity index (χ2v) is 19.1. The maximum atomic E-state index is 13.1. The second-order valence-electron chi connectivity index (χ2n) is 19.1. The van der Waals surface area contributed by atoms with Gasteiger partial charge in [-0.15, -0.1) is 0 Å². The van der Waals surface area contributed by atoms with Gasteiger partial charge in [0.2, 0.25) is 0 Å². The highest BCUT2D eigenvalue weighted by atomic mass is 16.7. The summed E-state index contributed by atoms with van der Waals surface area (Å²) in [5, 5.41) is 5.41. The first kappa shape index (κ1) is 57.2. The Morgan fingerprint density at radius 3 is 1.30 bits per heavy atom. The normalized spacial score (nSPS) is 16.6. The number of nitrogens with zero attached hydrogens (tertiary/aromatic N) is 6. The first-order valence-electron chi connectivity index (χ1n) is 26.7. The molecule has 7 aromatic rings. The quantitative estimate of drug-likeness (QED) is 0.0325. The number of hydrogen-bond acceptors (Lipinski definition) is 17. The first-order valence-corrected chi connectivity index (χ1v) is 26.7. The number of benzene rings is 1. The SMILES string of the molecule is CC(=O)OC[C@H]1O[C@@H](NC(=O)NCCCCCCCCCCOc2cc(-c3cc(-c4ccccn4)nc(-c4ccccn4)c3)cc(-c3cc(-c4ccccn4)nc(-c4ccccn4)c3)c2)[C@H](OC(C)=O)[C@@H](OC(C)=O)[C@@H]1OC(C)=O. The largest absolute Gasteiger partial charge is 0.494 e. The third-order valence-corrected chi connectivity index (χ3v) is 12.8. The van der Waals surface area contributed by atoms with Gasteiger partial charge in [-0.25, -0.2) is 14.8 Å². The summed E-state index contributed by atoms with van der Waals surface area (Å²) in [6, 6.07) is 37.0. The maximum Gasteiger partial charge on any atom is 0.316 e. The molecule has 1 aliphatic heterocycles. The molecule has 19 nitrogen and oxygen atoms in total. The van der Waals surface area contributed by atoms with Crippen molar-refractivity contribution in [3.63, 3.8) is 0 Å². The molecule has 414 valence electrons. The van der Waals surface area contributed by atoms with Crippen molar-refractivity contribution in [2.75, 3.05) is 19.8 Å². The monoisotopic (exact) mass is 1080 g/mol. The first-order chi connectivity index (χ1) is 38.9. The molecule has 0 radical (unpaired) electrons. The molecule has 0 spiro atoms. The van der Waals surface area contributed by atoms with Gasteiger partial charge in [0.05, 0.1) is 52.2 Å².